The molecule has 4 heteroatoms. The highest BCUT2D eigenvalue weighted by atomic mass is 32.1. The van der Waals surface area contributed by atoms with Crippen molar-refractivity contribution in [2.24, 2.45) is 0 Å². The van der Waals surface area contributed by atoms with Crippen LogP contribution in [0.4, 0.5) is 0 Å². The Kier molecular flexibility index (Phi) is 1.47. The lowest BCUT2D eigenvalue weighted by atomic mass is 10.7. The Morgan fingerprint density at radius 3 is 3.00 bits per heavy atom. The SMILES string of the molecule is Cc1cnc(-n2cccn2)s1. The van der Waals surface area contributed by atoms with Crippen molar-refractivity contribution in [2.45, 2.75) is 6.92 Å². The molecule has 2 heterocycles. The Morgan fingerprint density at radius 2 is 2.45 bits per heavy atom. The smallest absolute Gasteiger partial charge is 0.210 e. The minimum Gasteiger partial charge on any atom is -0.227 e. The Morgan fingerprint density at radius 1 is 1.55 bits per heavy atom. The van der Waals surface area contributed by atoms with Gasteiger partial charge in [-0.15, -0.1) is 11.3 Å². The van der Waals surface area contributed by atoms with Gasteiger partial charge >= 0.3 is 0 Å². The first-order valence-electron chi connectivity index (χ1n) is 3.29. The molecule has 2 aromatic heterocycles. The minimum absolute atomic E-state index is 0.924. The molecular weight excluding hydrogens is 158 g/mol. The summed E-state index contributed by atoms with van der Waals surface area (Å²) in [6.07, 6.45) is 5.48. The maximum atomic E-state index is 4.18. The maximum Gasteiger partial charge on any atom is 0.210 e. The third-order valence-electron chi connectivity index (χ3n) is 1.31. The second-order valence-corrected chi connectivity index (χ2v) is 3.42. The zero-order valence-corrected chi connectivity index (χ0v) is 6.88. The first kappa shape index (κ1) is 6.54. The van der Waals surface area contributed by atoms with Crippen LogP contribution in [0.2, 0.25) is 0 Å². The standard InChI is InChI=1S/C7H7N3S/c1-6-5-8-7(11-6)10-4-2-3-9-10/h2-5H,1H3. The van der Waals surface area contributed by atoms with Gasteiger partial charge in [0, 0.05) is 23.5 Å². The molecule has 11 heavy (non-hydrogen) atoms. The Hall–Kier alpha value is -1.16. The van der Waals surface area contributed by atoms with Gasteiger partial charge in [0.15, 0.2) is 0 Å². The maximum absolute atomic E-state index is 4.18. The molecule has 0 aromatic carbocycles. The number of aromatic nitrogens is 3. The molecule has 0 spiro atoms. The second kappa shape index (κ2) is 2.47. The van der Waals surface area contributed by atoms with Crippen molar-refractivity contribution >= 4 is 11.3 Å². The summed E-state index contributed by atoms with van der Waals surface area (Å²) in [6.45, 7) is 2.03. The fourth-order valence-electron chi connectivity index (χ4n) is 0.831. The minimum atomic E-state index is 0.924. The van der Waals surface area contributed by atoms with Crippen LogP contribution in [0.3, 0.4) is 0 Å². The first-order chi connectivity index (χ1) is 5.36. The van der Waals surface area contributed by atoms with Gasteiger partial charge < -0.3 is 0 Å². The van der Waals surface area contributed by atoms with E-state index in [9.17, 15) is 0 Å². The van der Waals surface area contributed by atoms with Crippen LogP contribution in [-0.2, 0) is 0 Å². The van der Waals surface area contributed by atoms with E-state index in [-0.39, 0.29) is 0 Å². The van der Waals surface area contributed by atoms with Crippen molar-refractivity contribution < 1.29 is 0 Å². The molecule has 0 aliphatic carbocycles. The average Bonchev–Trinajstić information content (AvgIpc) is 2.55. The molecule has 0 aliphatic heterocycles. The van der Waals surface area contributed by atoms with Crippen LogP contribution >= 0.6 is 11.3 Å². The van der Waals surface area contributed by atoms with Crippen LogP contribution in [0.25, 0.3) is 5.13 Å². The number of hydrogen-bond donors (Lipinski definition) is 0. The lowest BCUT2D eigenvalue weighted by molar-refractivity contribution is 0.869. The van der Waals surface area contributed by atoms with Crippen LogP contribution in [0.1, 0.15) is 4.88 Å². The van der Waals surface area contributed by atoms with E-state index in [4.69, 9.17) is 0 Å². The molecule has 0 fully saturated rings. The quantitative estimate of drug-likeness (QED) is 0.643. The molecule has 2 rings (SSSR count). The normalized spacial score (nSPS) is 10.3. The van der Waals surface area contributed by atoms with Gasteiger partial charge in [0.2, 0.25) is 5.13 Å². The Balaban J connectivity index is 2.45. The van der Waals surface area contributed by atoms with E-state index in [0.717, 1.165) is 5.13 Å². The predicted octanol–water partition coefficient (Wildman–Crippen LogP) is 1.64. The van der Waals surface area contributed by atoms with Gasteiger partial charge in [0.05, 0.1) is 0 Å². The molecule has 0 bridgehead atoms. The first-order valence-corrected chi connectivity index (χ1v) is 4.10. The van der Waals surface area contributed by atoms with Gasteiger partial charge in [-0.2, -0.15) is 5.10 Å². The topological polar surface area (TPSA) is 30.7 Å². The van der Waals surface area contributed by atoms with E-state index >= 15 is 0 Å². The molecule has 0 amide bonds. The van der Waals surface area contributed by atoms with Crippen LogP contribution in [0.15, 0.2) is 24.7 Å². The number of nitrogens with zero attached hydrogens (tertiary/aromatic N) is 3. The van der Waals surface area contributed by atoms with E-state index in [0.29, 0.717) is 0 Å². The Bertz CT molecular complexity index is 336. The molecule has 0 atom stereocenters. The van der Waals surface area contributed by atoms with Gasteiger partial charge in [-0.25, -0.2) is 9.67 Å². The summed E-state index contributed by atoms with van der Waals surface area (Å²) in [7, 11) is 0. The van der Waals surface area contributed by atoms with Crippen LogP contribution in [0.5, 0.6) is 0 Å². The number of hydrogen-bond acceptors (Lipinski definition) is 3. The van der Waals surface area contributed by atoms with Crippen LogP contribution in [0, 0.1) is 6.92 Å². The summed E-state index contributed by atoms with van der Waals surface area (Å²) in [4.78, 5) is 5.38. The molecule has 0 aliphatic rings. The molecule has 0 saturated heterocycles. The van der Waals surface area contributed by atoms with Gasteiger partial charge in [-0.1, -0.05) is 0 Å². The lowest BCUT2D eigenvalue weighted by Gasteiger charge is -1.90. The van der Waals surface area contributed by atoms with E-state index in [2.05, 4.69) is 10.1 Å². The Labute approximate surface area is 68.3 Å². The number of rotatable bonds is 1. The van der Waals surface area contributed by atoms with E-state index in [1.54, 1.807) is 22.2 Å². The second-order valence-electron chi connectivity index (χ2n) is 2.20. The largest absolute Gasteiger partial charge is 0.227 e. The highest BCUT2D eigenvalue weighted by molar-refractivity contribution is 7.13. The third-order valence-corrected chi connectivity index (χ3v) is 2.21. The summed E-state index contributed by atoms with van der Waals surface area (Å²) in [6, 6.07) is 1.89. The number of thiazole rings is 1. The van der Waals surface area contributed by atoms with Crippen LogP contribution < -0.4 is 0 Å². The molecular formula is C7H7N3S. The predicted molar refractivity (Wildman–Crippen MR) is 44.0 cm³/mol. The lowest BCUT2D eigenvalue weighted by Crippen LogP contribution is -1.91. The highest BCUT2D eigenvalue weighted by Crippen LogP contribution is 2.14. The molecule has 0 N–H and O–H groups in total. The van der Waals surface area contributed by atoms with Gasteiger partial charge in [-0.3, -0.25) is 0 Å². The molecule has 0 saturated carbocycles. The monoisotopic (exact) mass is 165 g/mol. The number of aryl methyl sites for hydroxylation is 1. The van der Waals surface area contributed by atoms with Gasteiger partial charge in [0.1, 0.15) is 0 Å². The van der Waals surface area contributed by atoms with Crippen molar-refractivity contribution in [3.63, 3.8) is 0 Å². The van der Waals surface area contributed by atoms with E-state index in [1.165, 1.54) is 4.88 Å². The molecule has 0 radical (unpaired) electrons. The molecule has 56 valence electrons. The summed E-state index contributed by atoms with van der Waals surface area (Å²) in [5.41, 5.74) is 0. The summed E-state index contributed by atoms with van der Waals surface area (Å²) < 4.78 is 1.76. The molecule has 2 aromatic rings. The van der Waals surface area contributed by atoms with E-state index in [1.807, 2.05) is 25.4 Å². The summed E-state index contributed by atoms with van der Waals surface area (Å²) in [5.74, 6) is 0. The third kappa shape index (κ3) is 1.17. The molecule has 3 nitrogen and oxygen atoms in total. The van der Waals surface area contributed by atoms with E-state index < -0.39 is 0 Å². The summed E-state index contributed by atoms with van der Waals surface area (Å²) >= 11 is 1.63. The average molecular weight is 165 g/mol. The van der Waals surface area contributed by atoms with Crippen molar-refractivity contribution in [3.05, 3.63) is 29.5 Å². The fraction of sp³-hybridized carbons (Fsp3) is 0.143. The van der Waals surface area contributed by atoms with Crippen LogP contribution in [-0.4, -0.2) is 14.8 Å². The zero-order valence-electron chi connectivity index (χ0n) is 6.06. The van der Waals surface area contributed by atoms with Crippen molar-refractivity contribution in [1.82, 2.24) is 14.8 Å². The zero-order chi connectivity index (χ0) is 7.68. The highest BCUT2D eigenvalue weighted by Gasteiger charge is 1.98. The van der Waals surface area contributed by atoms with Gasteiger partial charge in [0.25, 0.3) is 0 Å². The van der Waals surface area contributed by atoms with Crippen molar-refractivity contribution in [1.29, 1.82) is 0 Å². The van der Waals surface area contributed by atoms with Crippen molar-refractivity contribution in [2.75, 3.05) is 0 Å². The summed E-state index contributed by atoms with van der Waals surface area (Å²) in [5, 5.41) is 4.99. The molecule has 0 unspecified atom stereocenters. The van der Waals surface area contributed by atoms with Gasteiger partial charge in [-0.05, 0) is 13.0 Å². The van der Waals surface area contributed by atoms with Crippen molar-refractivity contribution in [3.8, 4) is 5.13 Å². The fourth-order valence-corrected chi connectivity index (χ4v) is 1.53.